The van der Waals surface area contributed by atoms with Gasteiger partial charge in [0, 0.05) is 7.05 Å². The van der Waals surface area contributed by atoms with Gasteiger partial charge >= 0.3 is 17.9 Å². The largest absolute Gasteiger partial charge is 0.463 e. The Labute approximate surface area is 227 Å². The van der Waals surface area contributed by atoms with Crippen molar-refractivity contribution in [2.75, 3.05) is 33.4 Å². The topological polar surface area (TPSA) is 126 Å². The van der Waals surface area contributed by atoms with Crippen molar-refractivity contribution in [1.29, 1.82) is 0 Å². The summed E-state index contributed by atoms with van der Waals surface area (Å²) >= 11 is 6.41. The molecule has 4 unspecified atom stereocenters. The quantitative estimate of drug-likeness (QED) is 0.104. The van der Waals surface area contributed by atoms with Crippen molar-refractivity contribution in [1.82, 2.24) is 4.90 Å². The molecule has 2 bridgehead atoms. The van der Waals surface area contributed by atoms with Gasteiger partial charge in [0.1, 0.15) is 40.2 Å². The first kappa shape index (κ1) is 30.4. The maximum atomic E-state index is 13.0. The van der Waals surface area contributed by atoms with E-state index < -0.39 is 56.0 Å². The van der Waals surface area contributed by atoms with Crippen molar-refractivity contribution in [3.05, 3.63) is 12.2 Å². The molecule has 2 heterocycles. The van der Waals surface area contributed by atoms with Crippen molar-refractivity contribution in [2.24, 2.45) is 17.3 Å². The highest BCUT2D eigenvalue weighted by molar-refractivity contribution is 9.10. The van der Waals surface area contributed by atoms with Crippen LogP contribution in [0.2, 0.25) is 0 Å². The predicted octanol–water partition coefficient (Wildman–Crippen LogP) is 2.20. The van der Waals surface area contributed by atoms with Crippen LogP contribution < -0.4 is 0 Å². The molecule has 0 radical (unpaired) electrons. The van der Waals surface area contributed by atoms with Gasteiger partial charge in [0.25, 0.3) is 0 Å². The van der Waals surface area contributed by atoms with E-state index in [9.17, 15) is 24.0 Å². The third kappa shape index (κ3) is 7.38. The fraction of sp³-hybridized carbons (Fsp3) is 0.708. The van der Waals surface area contributed by atoms with Crippen molar-refractivity contribution >= 4 is 62.0 Å². The number of carbonyl (C=O) groups is 5. The van der Waals surface area contributed by atoms with Gasteiger partial charge in [0.15, 0.2) is 0 Å². The number of amides is 1. The summed E-state index contributed by atoms with van der Waals surface area (Å²) in [4.78, 5) is 63.2. The number of halogens is 2. The number of esters is 3. The van der Waals surface area contributed by atoms with Gasteiger partial charge in [-0.2, -0.15) is 0 Å². The zero-order valence-electron chi connectivity index (χ0n) is 21.2. The molecule has 0 aromatic carbocycles. The van der Waals surface area contributed by atoms with Crippen molar-refractivity contribution < 1.29 is 42.9 Å². The molecular weight excluding hydrogens is 606 g/mol. The Morgan fingerprint density at radius 2 is 1.39 bits per heavy atom. The summed E-state index contributed by atoms with van der Waals surface area (Å²) in [5.41, 5.74) is -1.49. The number of ether oxygens (including phenoxy) is 4. The number of hydrogen-bond donors (Lipinski definition) is 0. The van der Waals surface area contributed by atoms with Gasteiger partial charge in [-0.05, 0) is 34.6 Å². The van der Waals surface area contributed by atoms with Gasteiger partial charge in [0.05, 0.1) is 30.6 Å². The Morgan fingerprint density at radius 1 is 0.889 bits per heavy atom. The summed E-state index contributed by atoms with van der Waals surface area (Å²) in [5, 5.41) is 0. The summed E-state index contributed by atoms with van der Waals surface area (Å²) in [5.74, 6) is -3.44. The lowest BCUT2D eigenvalue weighted by Crippen LogP contribution is -2.45. The molecule has 2 aliphatic heterocycles. The summed E-state index contributed by atoms with van der Waals surface area (Å²) in [6.07, 6.45) is 3.45. The lowest BCUT2D eigenvalue weighted by atomic mass is 9.83. The Morgan fingerprint density at radius 3 is 1.86 bits per heavy atom. The second kappa shape index (κ2) is 11.7. The van der Waals surface area contributed by atoms with Gasteiger partial charge in [-0.25, -0.2) is 0 Å². The molecule has 1 saturated heterocycles. The van der Waals surface area contributed by atoms with Gasteiger partial charge in [0.2, 0.25) is 5.91 Å². The molecule has 0 N–H and O–H groups in total. The summed E-state index contributed by atoms with van der Waals surface area (Å²) in [7, 11) is 1.55. The zero-order chi connectivity index (χ0) is 27.5. The second-order valence-electron chi connectivity index (χ2n) is 10.2. The first-order valence-electron chi connectivity index (χ1n) is 11.4. The van der Waals surface area contributed by atoms with Crippen LogP contribution in [0.25, 0.3) is 0 Å². The van der Waals surface area contributed by atoms with E-state index in [1.165, 1.54) is 11.8 Å². The van der Waals surface area contributed by atoms with E-state index in [-0.39, 0.29) is 32.3 Å². The molecule has 0 aliphatic carbocycles. The molecule has 36 heavy (non-hydrogen) atoms. The SMILES string of the molecule is CN(CCOC(=O)C(C)(COC(=O)C(C)(C)Br)COC(=O)C(C)(C)Br)C(=O)C1C2C=CC(O2)C1C=O. The van der Waals surface area contributed by atoms with Crippen LogP contribution in [-0.4, -0.2) is 89.3 Å². The first-order valence-corrected chi connectivity index (χ1v) is 13.0. The highest BCUT2D eigenvalue weighted by atomic mass is 79.9. The van der Waals surface area contributed by atoms with Crippen LogP contribution in [-0.2, 0) is 42.9 Å². The highest BCUT2D eigenvalue weighted by Gasteiger charge is 2.50. The fourth-order valence-electron chi connectivity index (χ4n) is 3.57. The minimum Gasteiger partial charge on any atom is -0.463 e. The van der Waals surface area contributed by atoms with Crippen LogP contribution in [0.5, 0.6) is 0 Å². The van der Waals surface area contributed by atoms with Gasteiger partial charge in [-0.1, -0.05) is 44.0 Å². The molecule has 0 saturated carbocycles. The third-order valence-corrected chi connectivity index (χ3v) is 6.59. The van der Waals surface area contributed by atoms with Crippen LogP contribution in [0, 0.1) is 17.3 Å². The third-order valence-electron chi connectivity index (χ3n) is 5.94. The van der Waals surface area contributed by atoms with E-state index in [1.54, 1.807) is 46.9 Å². The van der Waals surface area contributed by atoms with E-state index in [4.69, 9.17) is 18.9 Å². The van der Waals surface area contributed by atoms with Crippen LogP contribution in [0.1, 0.15) is 34.6 Å². The smallest absolute Gasteiger partial charge is 0.322 e. The summed E-state index contributed by atoms with van der Waals surface area (Å²) < 4.78 is 19.6. The van der Waals surface area contributed by atoms with E-state index in [0.29, 0.717) is 0 Å². The van der Waals surface area contributed by atoms with Gasteiger partial charge in [-0.15, -0.1) is 0 Å². The van der Waals surface area contributed by atoms with Gasteiger partial charge < -0.3 is 28.6 Å². The maximum Gasteiger partial charge on any atom is 0.322 e. The molecular formula is C24H33Br2NO9. The van der Waals surface area contributed by atoms with Crippen LogP contribution in [0.4, 0.5) is 0 Å². The second-order valence-corrected chi connectivity index (χ2v) is 14.2. The Bertz CT molecular complexity index is 876. The first-order chi connectivity index (χ1) is 16.5. The standard InChI is InChI=1S/C24H33Br2NO9/c1-22(2,25)19(30)34-12-24(5,13-35-20(31)23(3,4)26)21(32)33-10-9-27(6)18(29)17-14(11-28)15-7-8-16(17)36-15/h7-8,11,14-17H,9-10,12-13H2,1-6H3. The highest BCUT2D eigenvalue weighted by Crippen LogP contribution is 2.38. The number of likely N-dealkylation sites (N-methyl/N-ethyl adjacent to an activating group) is 1. The van der Waals surface area contributed by atoms with E-state index in [0.717, 1.165) is 6.29 Å². The van der Waals surface area contributed by atoms with Crippen LogP contribution in [0.3, 0.4) is 0 Å². The normalized spacial score (nSPS) is 23.2. The van der Waals surface area contributed by atoms with Crippen molar-refractivity contribution in [3.63, 3.8) is 0 Å². The molecule has 2 aliphatic rings. The summed E-state index contributed by atoms with van der Waals surface area (Å²) in [6.45, 7) is 6.97. The molecule has 202 valence electrons. The molecule has 10 nitrogen and oxygen atoms in total. The molecule has 1 amide bonds. The molecule has 0 spiro atoms. The Balaban J connectivity index is 1.99. The monoisotopic (exact) mass is 637 g/mol. The lowest BCUT2D eigenvalue weighted by molar-refractivity contribution is -0.171. The van der Waals surface area contributed by atoms with Crippen LogP contribution in [0.15, 0.2) is 12.2 Å². The van der Waals surface area contributed by atoms with Crippen molar-refractivity contribution in [3.8, 4) is 0 Å². The maximum absolute atomic E-state index is 13.0. The number of fused-ring (bicyclic) bond motifs is 2. The molecule has 1 fully saturated rings. The van der Waals surface area contributed by atoms with E-state index in [2.05, 4.69) is 31.9 Å². The number of aldehydes is 1. The van der Waals surface area contributed by atoms with Crippen molar-refractivity contribution in [2.45, 2.75) is 55.5 Å². The predicted molar refractivity (Wildman–Crippen MR) is 135 cm³/mol. The number of alkyl halides is 2. The van der Waals surface area contributed by atoms with E-state index >= 15 is 0 Å². The fourth-order valence-corrected chi connectivity index (χ4v) is 3.80. The lowest BCUT2D eigenvalue weighted by Gasteiger charge is -2.29. The minimum atomic E-state index is -1.49. The molecule has 12 heteroatoms. The number of hydrogen-bond acceptors (Lipinski definition) is 9. The summed E-state index contributed by atoms with van der Waals surface area (Å²) in [6, 6.07) is 0. The van der Waals surface area contributed by atoms with Crippen LogP contribution >= 0.6 is 31.9 Å². The van der Waals surface area contributed by atoms with Gasteiger partial charge in [-0.3, -0.25) is 19.2 Å². The van der Waals surface area contributed by atoms with E-state index in [1.807, 2.05) is 0 Å². The Kier molecular flexibility index (Phi) is 9.91. The molecule has 0 aromatic rings. The zero-order valence-corrected chi connectivity index (χ0v) is 24.4. The Hall–Kier alpha value is -1.79. The average molecular weight is 639 g/mol. The number of rotatable bonds is 12. The average Bonchev–Trinajstić information content (AvgIpc) is 3.40. The number of nitrogens with zero attached hydrogens (tertiary/aromatic N) is 1. The molecule has 2 rings (SSSR count). The molecule has 4 atom stereocenters. The number of carbonyl (C=O) groups excluding carboxylic acids is 5. The minimum absolute atomic E-state index is 0.0618. The molecule has 0 aromatic heterocycles.